The Morgan fingerprint density at radius 2 is 1.00 bits per heavy atom. The second kappa shape index (κ2) is 10.6. The first-order chi connectivity index (χ1) is 12.7. The van der Waals surface area contributed by atoms with Crippen molar-refractivity contribution in [2.24, 2.45) is 9.98 Å². The van der Waals surface area contributed by atoms with Gasteiger partial charge in [-0.1, -0.05) is 0 Å². The van der Waals surface area contributed by atoms with Gasteiger partial charge in [-0.05, 0) is 6.92 Å². The van der Waals surface area contributed by atoms with Crippen LogP contribution in [-0.4, -0.2) is 69.9 Å². The van der Waals surface area contributed by atoms with Gasteiger partial charge in [-0.2, -0.15) is 52.7 Å². The van der Waals surface area contributed by atoms with Gasteiger partial charge in [-0.3, -0.25) is 19.6 Å². The molecule has 17 heteroatoms. The van der Waals surface area contributed by atoms with E-state index in [2.05, 4.69) is 9.98 Å². The fourth-order valence-corrected chi connectivity index (χ4v) is 1.53. The zero-order valence-corrected chi connectivity index (χ0v) is 15.3. The summed E-state index contributed by atoms with van der Waals surface area (Å²) in [6, 6.07) is -1.86. The van der Waals surface area contributed by atoms with Crippen molar-refractivity contribution in [2.45, 2.75) is 50.5 Å². The zero-order valence-electron chi connectivity index (χ0n) is 14.3. The normalized spacial score (nSPS) is 15.5. The first kappa shape index (κ1) is 30.5. The van der Waals surface area contributed by atoms with Gasteiger partial charge in [-0.25, -0.2) is 0 Å². The zero-order chi connectivity index (χ0) is 23.4. The van der Waals surface area contributed by atoms with Crippen LogP contribution in [-0.2, 0) is 16.5 Å². The fourth-order valence-electron chi connectivity index (χ4n) is 1.53. The van der Waals surface area contributed by atoms with Crippen LogP contribution in [0, 0.1) is 0 Å². The summed E-state index contributed by atoms with van der Waals surface area (Å²) in [4.78, 5) is 22.6. The van der Waals surface area contributed by atoms with E-state index >= 15 is 0 Å². The van der Waals surface area contributed by atoms with Crippen molar-refractivity contribution in [1.82, 2.24) is 0 Å². The number of nitrogens with zero attached hydrogens (tertiary/aromatic N) is 2. The summed E-state index contributed by atoms with van der Waals surface area (Å²) in [5.74, 6) is -5.13. The molecule has 2 N–H and O–H groups in total. The number of alkyl halides is 12. The fraction of sp³-hybridized carbons (Fsp3) is 0.692. The number of hydrogen-bond donors (Lipinski definition) is 0. The third kappa shape index (κ3) is 10.9. The van der Waals surface area contributed by atoms with Crippen molar-refractivity contribution in [3.63, 3.8) is 0 Å². The number of rotatable bonds is 7. The Morgan fingerprint density at radius 1 is 0.667 bits per heavy atom. The summed E-state index contributed by atoms with van der Waals surface area (Å²) in [5, 5.41) is 0. The minimum absolute atomic E-state index is 0. The molecule has 0 amide bonds. The molecule has 0 rings (SSSR count). The van der Waals surface area contributed by atoms with Crippen LogP contribution in [0.5, 0.6) is 0 Å². The Bertz CT molecular complexity index is 674. The van der Waals surface area contributed by atoms with Gasteiger partial charge in [-0.15, -0.1) is 0 Å². The van der Waals surface area contributed by atoms with Gasteiger partial charge in [0.25, 0.3) is 0 Å². The number of ketones is 2. The molecule has 0 aliphatic heterocycles. The van der Waals surface area contributed by atoms with Crippen molar-refractivity contribution in [1.29, 1.82) is 0 Å². The molecule has 0 spiro atoms. The second-order valence-electron chi connectivity index (χ2n) is 5.45. The standard InChI is InChI=1S/C13H10F12N2O2.Ni/c1-5(27-7(11(17,18)19)3-9(29)13(23,24)25)4-26-6(10(14,15)16)2-8(28)12(20,21)22;/h5H,2-4H2,1H3;/p+2. The maximum Gasteiger partial charge on any atom is 0.504 e. The molecule has 0 saturated carbocycles. The van der Waals surface area contributed by atoms with Gasteiger partial charge in [0.05, 0.1) is 12.6 Å². The molecule has 0 bridgehead atoms. The number of carbonyl (C=O) groups excluding carboxylic acids is 2. The Kier molecular flexibility index (Phi) is 10.8. The predicted octanol–water partition coefficient (Wildman–Crippen LogP) is 4.37. The topological polar surface area (TPSA) is 67.5 Å². The average Bonchev–Trinajstić information content (AvgIpc) is 2.46. The Labute approximate surface area is 169 Å². The van der Waals surface area contributed by atoms with Crippen molar-refractivity contribution in [2.75, 3.05) is 6.54 Å². The third-order valence-corrected chi connectivity index (χ3v) is 2.90. The Balaban J connectivity index is 0. The summed E-state index contributed by atoms with van der Waals surface area (Å²) in [6.45, 7) is -0.604. The Hall–Kier alpha value is -1.67. The summed E-state index contributed by atoms with van der Waals surface area (Å²) in [6.07, 6.45) is -26.3. The molecule has 178 valence electrons. The molecule has 30 heavy (non-hydrogen) atoms. The van der Waals surface area contributed by atoms with Crippen molar-refractivity contribution in [3.05, 3.63) is 0 Å². The van der Waals surface area contributed by atoms with E-state index in [0.29, 0.717) is 6.92 Å². The first-order valence-electron chi connectivity index (χ1n) is 7.14. The molecule has 0 fully saturated rings. The molecule has 1 unspecified atom stereocenters. The maximum absolute atomic E-state index is 12.7. The van der Waals surface area contributed by atoms with E-state index in [1.807, 2.05) is 0 Å². The summed E-state index contributed by atoms with van der Waals surface area (Å²) >= 11 is 0. The van der Waals surface area contributed by atoms with E-state index in [1.165, 1.54) is 0 Å². The minimum Gasteiger partial charge on any atom is -0.282 e. The molecule has 0 radical (unpaired) electrons. The van der Waals surface area contributed by atoms with Crippen molar-refractivity contribution in [3.8, 4) is 0 Å². The quantitative estimate of drug-likeness (QED) is 0.209. The molecule has 1 atom stereocenters. The van der Waals surface area contributed by atoms with Gasteiger partial charge in [0.2, 0.25) is 0 Å². The number of halogens is 12. The van der Waals surface area contributed by atoms with Gasteiger partial charge < -0.3 is 0 Å². The summed E-state index contributed by atoms with van der Waals surface area (Å²) in [5.41, 5.74) is -4.37. The minimum atomic E-state index is -5.51. The van der Waals surface area contributed by atoms with Crippen LogP contribution < -0.4 is 0 Å². The first-order valence-corrected chi connectivity index (χ1v) is 7.14. The van der Waals surface area contributed by atoms with Crippen molar-refractivity contribution < 1.29 is 78.8 Å². The van der Waals surface area contributed by atoms with Crippen molar-refractivity contribution >= 4 is 23.0 Å². The predicted molar refractivity (Wildman–Crippen MR) is 76.5 cm³/mol. The van der Waals surface area contributed by atoms with Crippen LogP contribution in [0.25, 0.3) is 0 Å². The Morgan fingerprint density at radius 3 is 1.30 bits per heavy atom. The van der Waals surface area contributed by atoms with Crippen LogP contribution in [0.3, 0.4) is 0 Å². The van der Waals surface area contributed by atoms with Crippen LogP contribution in [0.15, 0.2) is 9.98 Å². The van der Waals surface area contributed by atoms with Gasteiger partial charge in [0.1, 0.15) is 24.3 Å². The van der Waals surface area contributed by atoms with E-state index in [9.17, 15) is 52.7 Å². The number of hydrogen-bond acceptors (Lipinski definition) is 2. The van der Waals surface area contributed by atoms with Gasteiger partial charge >= 0.3 is 36.3 Å². The van der Waals surface area contributed by atoms with Gasteiger partial charge in [0.15, 0.2) is 0 Å². The van der Waals surface area contributed by atoms with Crippen LogP contribution >= 0.6 is 0 Å². The monoisotopic (exact) mass is 514 g/mol. The second-order valence-corrected chi connectivity index (χ2v) is 5.45. The van der Waals surface area contributed by atoms with Crippen LogP contribution in [0.4, 0.5) is 52.7 Å². The number of aliphatic imine (C=N–C) groups is 2. The van der Waals surface area contributed by atoms with Crippen LogP contribution in [0.2, 0.25) is 0 Å². The molecule has 0 heterocycles. The molecule has 0 aliphatic carbocycles. The SMILES string of the molecule is CC(CN=C(CC(=[OH+])C(F)(F)F)C(F)(F)F)N=C(CC(=[OH+])C(F)(F)F)C(F)(F)F.[Ni]. The maximum atomic E-state index is 12.7. The summed E-state index contributed by atoms with van der Waals surface area (Å²) < 4.78 is 149. The largest absolute Gasteiger partial charge is 0.504 e. The van der Waals surface area contributed by atoms with E-state index in [-0.39, 0.29) is 16.5 Å². The summed E-state index contributed by atoms with van der Waals surface area (Å²) in [7, 11) is 0. The molecule has 0 aromatic rings. The van der Waals surface area contributed by atoms with E-state index in [1.54, 1.807) is 0 Å². The molecular formula is C13H12F12N2NiO2+2. The smallest absolute Gasteiger partial charge is 0.282 e. The molecular weight excluding hydrogens is 503 g/mol. The van der Waals surface area contributed by atoms with E-state index in [4.69, 9.17) is 9.59 Å². The van der Waals surface area contributed by atoms with Gasteiger partial charge in [0, 0.05) is 16.5 Å². The third-order valence-electron chi connectivity index (χ3n) is 2.90. The molecule has 0 saturated heterocycles. The molecule has 0 aromatic heterocycles. The van der Waals surface area contributed by atoms with Crippen LogP contribution in [0.1, 0.15) is 19.8 Å². The average molecular weight is 515 g/mol. The van der Waals surface area contributed by atoms with E-state index in [0.717, 1.165) is 0 Å². The molecule has 0 aliphatic rings. The van der Waals surface area contributed by atoms with E-state index < -0.39 is 73.1 Å². The molecule has 0 aromatic carbocycles. The molecule has 4 nitrogen and oxygen atoms in total.